The van der Waals surface area contributed by atoms with Gasteiger partial charge in [-0.15, -0.1) is 0 Å². The number of ether oxygens (including phenoxy) is 4. The van der Waals surface area contributed by atoms with Gasteiger partial charge in [0.15, 0.2) is 23.1 Å². The van der Waals surface area contributed by atoms with Gasteiger partial charge in [-0.2, -0.15) is 4.98 Å². The highest BCUT2D eigenvalue weighted by Gasteiger charge is 2.56. The van der Waals surface area contributed by atoms with Gasteiger partial charge in [0.25, 0.3) is 5.56 Å². The van der Waals surface area contributed by atoms with Gasteiger partial charge < -0.3 is 24.1 Å². The molecule has 0 bridgehead atoms. The average Bonchev–Trinajstić information content (AvgIpc) is 3.63. The lowest BCUT2D eigenvalue weighted by molar-refractivity contribution is -0.118. The summed E-state index contributed by atoms with van der Waals surface area (Å²) >= 11 is 0. The van der Waals surface area contributed by atoms with Crippen molar-refractivity contribution in [2.75, 3.05) is 26.1 Å². The van der Waals surface area contributed by atoms with Crippen molar-refractivity contribution >= 4 is 23.0 Å². The first-order chi connectivity index (χ1) is 23.5. The van der Waals surface area contributed by atoms with Gasteiger partial charge in [0.1, 0.15) is 29.3 Å². The van der Waals surface area contributed by atoms with Crippen LogP contribution in [0.2, 0.25) is 0 Å². The molecule has 0 unspecified atom stereocenters. The number of carbonyl (C=O) groups excluding carboxylic acids is 1. The number of fused-ring (bicyclic) bond motifs is 1. The number of amides is 1. The van der Waals surface area contributed by atoms with Crippen molar-refractivity contribution in [3.63, 3.8) is 0 Å². The standard InChI is InChI=1S/C36H38FN5O7/c1-21(2)31(44)40-34-39-30-28(32(45)41-34)38-20-42(30)33-35(3,37)29(43)27(49-33)19-48-36(22-9-7-6-8-10-22,23-11-15-25(46-4)16-12-23)24-13-17-26(47-5)18-14-24/h6-18,20-21,27,29,33,43H,19H2,1-5H3,(H2,39,40,41,44,45)/t27-,29-,33-,35-/m1/s1. The van der Waals surface area contributed by atoms with Gasteiger partial charge in [-0.05, 0) is 47.9 Å². The number of hydrogen-bond donors (Lipinski definition) is 3. The smallest absolute Gasteiger partial charge is 0.280 e. The molecule has 1 aliphatic rings. The molecule has 4 atom stereocenters. The molecule has 5 aromatic rings. The van der Waals surface area contributed by atoms with E-state index in [1.165, 1.54) is 17.8 Å². The van der Waals surface area contributed by atoms with E-state index in [0.29, 0.717) is 11.5 Å². The van der Waals surface area contributed by atoms with Crippen LogP contribution in [0.3, 0.4) is 0 Å². The van der Waals surface area contributed by atoms with Crippen LogP contribution in [-0.4, -0.2) is 69.2 Å². The number of rotatable bonds is 11. The Bertz CT molecular complexity index is 1930. The Balaban J connectivity index is 1.39. The maximum atomic E-state index is 16.6. The van der Waals surface area contributed by atoms with E-state index >= 15 is 4.39 Å². The SMILES string of the molecule is COc1ccc(C(OC[C@H]2O[C@@H](n3cnc4c(=O)[nH]c(NC(=O)C(C)C)nc43)[C@](C)(F)[C@@H]2O)(c2ccccc2)c2ccc(OC)cc2)cc1. The first-order valence-electron chi connectivity index (χ1n) is 15.8. The molecular formula is C36H38FN5O7. The first-order valence-corrected chi connectivity index (χ1v) is 15.8. The maximum absolute atomic E-state index is 16.6. The van der Waals surface area contributed by atoms with Crippen LogP contribution in [0.25, 0.3) is 11.2 Å². The van der Waals surface area contributed by atoms with Gasteiger partial charge >= 0.3 is 0 Å². The van der Waals surface area contributed by atoms with Gasteiger partial charge in [0.05, 0.1) is 27.2 Å². The van der Waals surface area contributed by atoms with E-state index in [0.717, 1.165) is 16.7 Å². The molecule has 0 spiro atoms. The summed E-state index contributed by atoms with van der Waals surface area (Å²) in [5.41, 5.74) is -2.09. The Labute approximate surface area is 281 Å². The Kier molecular flexibility index (Phi) is 9.25. The van der Waals surface area contributed by atoms with E-state index in [-0.39, 0.29) is 35.5 Å². The number of H-pyrrole nitrogens is 1. The number of aromatic nitrogens is 4. The summed E-state index contributed by atoms with van der Waals surface area (Å²) in [5.74, 6) is 0.428. The lowest BCUT2D eigenvalue weighted by Gasteiger charge is -2.37. The van der Waals surface area contributed by atoms with Crippen molar-refractivity contribution in [2.45, 2.75) is 50.5 Å². The fourth-order valence-corrected chi connectivity index (χ4v) is 6.05. The summed E-state index contributed by atoms with van der Waals surface area (Å²) in [6.07, 6.45) is -3.05. The van der Waals surface area contributed by atoms with Crippen LogP contribution in [0.1, 0.15) is 43.7 Å². The molecule has 0 aliphatic carbocycles. The van der Waals surface area contributed by atoms with E-state index in [4.69, 9.17) is 18.9 Å². The van der Waals surface area contributed by atoms with Crippen molar-refractivity contribution in [3.8, 4) is 11.5 Å². The molecule has 6 rings (SSSR count). The lowest BCUT2D eigenvalue weighted by atomic mass is 9.80. The van der Waals surface area contributed by atoms with Crippen molar-refractivity contribution in [3.05, 3.63) is 112 Å². The average molecular weight is 672 g/mol. The van der Waals surface area contributed by atoms with Crippen LogP contribution in [0, 0.1) is 5.92 Å². The number of anilines is 1. The molecule has 1 aliphatic heterocycles. The van der Waals surface area contributed by atoms with Crippen LogP contribution in [0.5, 0.6) is 11.5 Å². The number of imidazole rings is 1. The van der Waals surface area contributed by atoms with Crippen LogP contribution in [0.4, 0.5) is 10.3 Å². The fraction of sp³-hybridized carbons (Fsp3) is 0.333. The number of methoxy groups -OCH3 is 2. The Morgan fingerprint density at radius 1 is 1.02 bits per heavy atom. The highest BCUT2D eigenvalue weighted by Crippen LogP contribution is 2.45. The van der Waals surface area contributed by atoms with E-state index in [1.54, 1.807) is 28.1 Å². The van der Waals surface area contributed by atoms with Crippen LogP contribution in [-0.2, 0) is 19.9 Å². The van der Waals surface area contributed by atoms with Gasteiger partial charge in [-0.25, -0.2) is 9.37 Å². The van der Waals surface area contributed by atoms with Crippen molar-refractivity contribution < 1.29 is 33.2 Å². The second-order valence-electron chi connectivity index (χ2n) is 12.3. The Morgan fingerprint density at radius 2 is 1.59 bits per heavy atom. The van der Waals surface area contributed by atoms with E-state index < -0.39 is 35.3 Å². The third-order valence-electron chi connectivity index (χ3n) is 8.81. The van der Waals surface area contributed by atoms with Gasteiger partial charge in [-0.1, -0.05) is 68.4 Å². The minimum absolute atomic E-state index is 0.0273. The largest absolute Gasteiger partial charge is 0.497 e. The van der Waals surface area contributed by atoms with Gasteiger partial charge in [0, 0.05) is 5.92 Å². The van der Waals surface area contributed by atoms with Gasteiger partial charge in [-0.3, -0.25) is 24.5 Å². The zero-order valence-electron chi connectivity index (χ0n) is 27.7. The third kappa shape index (κ3) is 6.16. The second kappa shape index (κ2) is 13.4. The Hall–Kier alpha value is -5.11. The number of nitrogens with zero attached hydrogens (tertiary/aromatic N) is 3. The number of benzene rings is 3. The zero-order valence-corrected chi connectivity index (χ0v) is 27.7. The number of hydrogen-bond acceptors (Lipinski definition) is 9. The number of aromatic amines is 1. The number of halogens is 1. The molecule has 256 valence electrons. The zero-order chi connectivity index (χ0) is 34.9. The summed E-state index contributed by atoms with van der Waals surface area (Å²) in [6.45, 7) is 4.34. The predicted octanol–water partition coefficient (Wildman–Crippen LogP) is 4.73. The van der Waals surface area contributed by atoms with Crippen LogP contribution in [0.15, 0.2) is 90.0 Å². The Morgan fingerprint density at radius 3 is 2.14 bits per heavy atom. The minimum atomic E-state index is -2.37. The van der Waals surface area contributed by atoms with Crippen molar-refractivity contribution in [2.24, 2.45) is 5.92 Å². The van der Waals surface area contributed by atoms with Crippen LogP contribution < -0.4 is 20.3 Å². The number of aliphatic hydroxyl groups excluding tert-OH is 1. The summed E-state index contributed by atoms with van der Waals surface area (Å²) in [4.78, 5) is 36.1. The number of carbonyl (C=O) groups is 1. The molecule has 0 saturated carbocycles. The quantitative estimate of drug-likeness (QED) is 0.170. The predicted molar refractivity (Wildman–Crippen MR) is 179 cm³/mol. The van der Waals surface area contributed by atoms with E-state index in [1.807, 2.05) is 78.9 Å². The number of aliphatic hydroxyl groups is 1. The molecule has 12 nitrogen and oxygen atoms in total. The normalized spacial score (nSPS) is 20.9. The highest BCUT2D eigenvalue weighted by atomic mass is 19.1. The molecule has 3 N–H and O–H groups in total. The van der Waals surface area contributed by atoms with Crippen molar-refractivity contribution in [1.82, 2.24) is 19.5 Å². The fourth-order valence-electron chi connectivity index (χ4n) is 6.05. The van der Waals surface area contributed by atoms with Gasteiger partial charge in [0.2, 0.25) is 11.9 Å². The molecule has 3 heterocycles. The molecule has 3 aromatic carbocycles. The summed E-state index contributed by atoms with van der Waals surface area (Å²) < 4.78 is 41.7. The number of nitrogens with one attached hydrogen (secondary N) is 2. The first kappa shape index (κ1) is 33.8. The van der Waals surface area contributed by atoms with E-state index in [2.05, 4.69) is 20.3 Å². The maximum Gasteiger partial charge on any atom is 0.280 e. The van der Waals surface area contributed by atoms with Crippen molar-refractivity contribution in [1.29, 1.82) is 0 Å². The highest BCUT2D eigenvalue weighted by molar-refractivity contribution is 5.91. The minimum Gasteiger partial charge on any atom is -0.497 e. The van der Waals surface area contributed by atoms with Crippen LogP contribution >= 0.6 is 0 Å². The number of alkyl halides is 1. The summed E-state index contributed by atoms with van der Waals surface area (Å²) in [5, 5.41) is 14.0. The molecule has 49 heavy (non-hydrogen) atoms. The molecular weight excluding hydrogens is 633 g/mol. The topological polar surface area (TPSA) is 150 Å². The lowest BCUT2D eigenvalue weighted by Crippen LogP contribution is -2.42. The van der Waals surface area contributed by atoms with E-state index in [9.17, 15) is 14.7 Å². The summed E-state index contributed by atoms with van der Waals surface area (Å²) in [7, 11) is 3.17. The molecule has 2 aromatic heterocycles. The molecule has 1 amide bonds. The molecule has 0 radical (unpaired) electrons. The monoisotopic (exact) mass is 671 g/mol. The molecule has 1 saturated heterocycles. The molecule has 1 fully saturated rings. The summed E-state index contributed by atoms with van der Waals surface area (Å²) in [6, 6.07) is 24.4. The molecule has 13 heteroatoms. The third-order valence-corrected chi connectivity index (χ3v) is 8.81. The second-order valence-corrected chi connectivity index (χ2v) is 12.3.